The number of allylic oxidation sites excluding steroid dienone is 12. The summed E-state index contributed by atoms with van der Waals surface area (Å²) < 4.78 is 0. The second kappa shape index (κ2) is 22.4. The van der Waals surface area contributed by atoms with E-state index in [4.69, 9.17) is 5.26 Å². The van der Waals surface area contributed by atoms with E-state index in [1.54, 1.807) is 0 Å². The molecule has 0 spiro atoms. The minimum atomic E-state index is 0.00905. The van der Waals surface area contributed by atoms with E-state index in [2.05, 4.69) is 79.1 Å². The molecule has 3 heteroatoms. The minimum Gasteiger partial charge on any atom is -0.355 e. The number of nitrogens with zero attached hydrogens (tertiary/aromatic N) is 1. The van der Waals surface area contributed by atoms with Gasteiger partial charge in [-0.15, -0.1) is 0 Å². The fourth-order valence-electron chi connectivity index (χ4n) is 2.20. The van der Waals surface area contributed by atoms with Crippen molar-refractivity contribution in [1.82, 2.24) is 5.32 Å². The van der Waals surface area contributed by atoms with E-state index in [0.717, 1.165) is 44.9 Å². The highest BCUT2D eigenvalue weighted by atomic mass is 16.1. The molecule has 0 heterocycles. The van der Waals surface area contributed by atoms with Crippen LogP contribution < -0.4 is 5.32 Å². The largest absolute Gasteiger partial charge is 0.355 e. The lowest BCUT2D eigenvalue weighted by Gasteiger charge is -1.99. The standard InChI is InChI=1S/C25H36N2O/c1-2-3-4-5-6-7-8-9-10-11-12-13-14-15-16-17-18-19-20-22-25(28)27-24-21-23-26/h3-4,6-7,9-10,12-13,15-16,18-19H,2,5,8,11,14,17,20-22,24H2,1H3,(H,27,28)/b4-3+,7-6+,10-9+,13-12+,16-15+,19-18+. The van der Waals surface area contributed by atoms with Gasteiger partial charge in [0.25, 0.3) is 0 Å². The number of carbonyl (C=O) groups is 1. The van der Waals surface area contributed by atoms with Gasteiger partial charge in [-0.05, 0) is 44.9 Å². The Balaban J connectivity index is 3.56. The Morgan fingerprint density at radius 1 is 0.750 bits per heavy atom. The van der Waals surface area contributed by atoms with Crippen LogP contribution in [0.1, 0.15) is 64.7 Å². The summed E-state index contributed by atoms with van der Waals surface area (Å²) in [6.45, 7) is 2.59. The SMILES string of the molecule is CC/C=C/C/C=C/C/C=C/C/C=C/C/C=C/C/C=C/CCC(=O)NCCC#N. The zero-order chi connectivity index (χ0) is 20.5. The highest BCUT2D eigenvalue weighted by molar-refractivity contribution is 5.75. The Labute approximate surface area is 171 Å². The van der Waals surface area contributed by atoms with E-state index in [1.165, 1.54) is 0 Å². The molecular formula is C25H36N2O. The molecule has 0 aliphatic rings. The van der Waals surface area contributed by atoms with Gasteiger partial charge >= 0.3 is 0 Å². The number of rotatable bonds is 16. The Bertz CT molecular complexity index is 586. The molecule has 0 aromatic rings. The number of hydrogen-bond donors (Lipinski definition) is 1. The Kier molecular flexibility index (Phi) is 20.4. The summed E-state index contributed by atoms with van der Waals surface area (Å²) in [5, 5.41) is 11.1. The van der Waals surface area contributed by atoms with E-state index in [-0.39, 0.29) is 5.91 Å². The molecule has 0 saturated heterocycles. The summed E-state index contributed by atoms with van der Waals surface area (Å²) in [5.41, 5.74) is 0. The summed E-state index contributed by atoms with van der Waals surface area (Å²) in [4.78, 5) is 11.4. The molecule has 0 aliphatic carbocycles. The van der Waals surface area contributed by atoms with Crippen LogP contribution in [-0.2, 0) is 4.79 Å². The molecule has 1 amide bonds. The van der Waals surface area contributed by atoms with Crippen molar-refractivity contribution in [2.24, 2.45) is 0 Å². The number of carbonyl (C=O) groups excluding carboxylic acids is 1. The van der Waals surface area contributed by atoms with Gasteiger partial charge in [0.2, 0.25) is 5.91 Å². The van der Waals surface area contributed by atoms with E-state index in [9.17, 15) is 4.79 Å². The summed E-state index contributed by atoms with van der Waals surface area (Å²) in [6.07, 6.45) is 33.5. The van der Waals surface area contributed by atoms with E-state index < -0.39 is 0 Å². The van der Waals surface area contributed by atoms with Crippen molar-refractivity contribution in [3.8, 4) is 6.07 Å². The third-order valence-corrected chi connectivity index (χ3v) is 3.69. The minimum absolute atomic E-state index is 0.00905. The van der Waals surface area contributed by atoms with Crippen LogP contribution in [-0.4, -0.2) is 12.5 Å². The number of hydrogen-bond acceptors (Lipinski definition) is 2. The topological polar surface area (TPSA) is 52.9 Å². The quantitative estimate of drug-likeness (QED) is 0.246. The van der Waals surface area contributed by atoms with Crippen LogP contribution in [0.5, 0.6) is 0 Å². The maximum Gasteiger partial charge on any atom is 0.220 e. The fourth-order valence-corrected chi connectivity index (χ4v) is 2.20. The predicted molar refractivity (Wildman–Crippen MR) is 121 cm³/mol. The van der Waals surface area contributed by atoms with Crippen molar-refractivity contribution in [1.29, 1.82) is 5.26 Å². The molecule has 3 nitrogen and oxygen atoms in total. The molecule has 0 unspecified atom stereocenters. The first-order valence-corrected chi connectivity index (χ1v) is 10.3. The van der Waals surface area contributed by atoms with Crippen LogP contribution in [0, 0.1) is 11.3 Å². The Morgan fingerprint density at radius 2 is 1.18 bits per heavy atom. The fraction of sp³-hybridized carbons (Fsp3) is 0.440. The van der Waals surface area contributed by atoms with Gasteiger partial charge in [0.05, 0.1) is 12.5 Å². The van der Waals surface area contributed by atoms with Crippen LogP contribution in [0.15, 0.2) is 72.9 Å². The van der Waals surface area contributed by atoms with Crippen molar-refractivity contribution >= 4 is 5.91 Å². The molecule has 0 aromatic heterocycles. The van der Waals surface area contributed by atoms with Crippen LogP contribution in [0.3, 0.4) is 0 Å². The van der Waals surface area contributed by atoms with E-state index in [1.807, 2.05) is 12.1 Å². The van der Waals surface area contributed by atoms with Crippen molar-refractivity contribution in [2.75, 3.05) is 6.54 Å². The smallest absolute Gasteiger partial charge is 0.220 e. The predicted octanol–water partition coefficient (Wildman–Crippen LogP) is 6.49. The molecule has 0 aromatic carbocycles. The van der Waals surface area contributed by atoms with Gasteiger partial charge in [-0.3, -0.25) is 4.79 Å². The highest BCUT2D eigenvalue weighted by Crippen LogP contribution is 1.97. The first-order valence-electron chi connectivity index (χ1n) is 10.3. The summed E-state index contributed by atoms with van der Waals surface area (Å²) in [5.74, 6) is 0.00905. The average molecular weight is 381 g/mol. The molecule has 0 bridgehead atoms. The molecular weight excluding hydrogens is 344 g/mol. The number of nitriles is 1. The van der Waals surface area contributed by atoms with Crippen LogP contribution in [0.4, 0.5) is 0 Å². The van der Waals surface area contributed by atoms with E-state index in [0.29, 0.717) is 19.4 Å². The van der Waals surface area contributed by atoms with Gasteiger partial charge in [-0.1, -0.05) is 79.8 Å². The van der Waals surface area contributed by atoms with Crippen molar-refractivity contribution in [3.05, 3.63) is 72.9 Å². The first-order chi connectivity index (χ1) is 13.8. The van der Waals surface area contributed by atoms with Gasteiger partial charge in [-0.2, -0.15) is 5.26 Å². The van der Waals surface area contributed by atoms with Crippen LogP contribution in [0.2, 0.25) is 0 Å². The molecule has 0 rings (SSSR count). The zero-order valence-corrected chi connectivity index (χ0v) is 17.4. The van der Waals surface area contributed by atoms with Crippen molar-refractivity contribution in [3.63, 3.8) is 0 Å². The zero-order valence-electron chi connectivity index (χ0n) is 17.4. The normalized spacial score (nSPS) is 12.4. The van der Waals surface area contributed by atoms with Gasteiger partial charge < -0.3 is 5.32 Å². The van der Waals surface area contributed by atoms with Crippen LogP contribution >= 0.6 is 0 Å². The molecule has 1 N–H and O–H groups in total. The van der Waals surface area contributed by atoms with Gasteiger partial charge in [-0.25, -0.2) is 0 Å². The molecule has 0 atom stereocenters. The maximum absolute atomic E-state index is 11.4. The van der Waals surface area contributed by atoms with Crippen molar-refractivity contribution in [2.45, 2.75) is 64.7 Å². The van der Waals surface area contributed by atoms with Gasteiger partial charge in [0, 0.05) is 13.0 Å². The van der Waals surface area contributed by atoms with Crippen molar-refractivity contribution < 1.29 is 4.79 Å². The van der Waals surface area contributed by atoms with E-state index >= 15 is 0 Å². The molecule has 0 fully saturated rings. The molecule has 0 aliphatic heterocycles. The van der Waals surface area contributed by atoms with Gasteiger partial charge in [0.15, 0.2) is 0 Å². The molecule has 28 heavy (non-hydrogen) atoms. The van der Waals surface area contributed by atoms with Crippen LogP contribution in [0.25, 0.3) is 0 Å². The second-order valence-electron chi connectivity index (χ2n) is 6.21. The number of nitrogens with one attached hydrogen (secondary N) is 1. The lowest BCUT2D eigenvalue weighted by Crippen LogP contribution is -2.23. The molecule has 152 valence electrons. The monoisotopic (exact) mass is 380 g/mol. The lowest BCUT2D eigenvalue weighted by molar-refractivity contribution is -0.120. The van der Waals surface area contributed by atoms with Gasteiger partial charge in [0.1, 0.15) is 0 Å². The summed E-state index contributed by atoms with van der Waals surface area (Å²) >= 11 is 0. The third-order valence-electron chi connectivity index (χ3n) is 3.69. The molecule has 0 saturated carbocycles. The lowest BCUT2D eigenvalue weighted by atomic mass is 10.2. The molecule has 0 radical (unpaired) electrons. The summed E-state index contributed by atoms with van der Waals surface area (Å²) in [6, 6.07) is 2.00. The maximum atomic E-state index is 11.4. The number of amides is 1. The Hall–Kier alpha value is -2.60. The summed E-state index contributed by atoms with van der Waals surface area (Å²) in [7, 11) is 0. The highest BCUT2D eigenvalue weighted by Gasteiger charge is 1.96. The second-order valence-corrected chi connectivity index (χ2v) is 6.21. The Morgan fingerprint density at radius 3 is 1.61 bits per heavy atom. The first kappa shape index (κ1) is 25.4. The average Bonchev–Trinajstić information content (AvgIpc) is 2.70. The third kappa shape index (κ3) is 21.4.